The zero-order valence-corrected chi connectivity index (χ0v) is 17.1. The lowest BCUT2D eigenvalue weighted by atomic mass is 9.96. The molecule has 3 rings (SSSR count). The molecule has 27 heavy (non-hydrogen) atoms. The molecule has 1 aromatic heterocycles. The lowest BCUT2D eigenvalue weighted by molar-refractivity contribution is 0.311. The molecule has 1 aromatic carbocycles. The van der Waals surface area contributed by atoms with Gasteiger partial charge in [-0.2, -0.15) is 9.40 Å². The maximum atomic E-state index is 13.9. The second-order valence-corrected chi connectivity index (χ2v) is 9.47. The van der Waals surface area contributed by atoms with Gasteiger partial charge < -0.3 is 4.90 Å². The molecule has 0 aliphatic carbocycles. The summed E-state index contributed by atoms with van der Waals surface area (Å²) >= 11 is 0. The van der Waals surface area contributed by atoms with E-state index in [1.54, 1.807) is 6.92 Å². The third-order valence-corrected chi connectivity index (χ3v) is 6.92. The van der Waals surface area contributed by atoms with E-state index in [1.165, 1.54) is 16.4 Å². The molecule has 1 fully saturated rings. The van der Waals surface area contributed by atoms with Crippen LogP contribution in [0.4, 0.5) is 4.39 Å². The van der Waals surface area contributed by atoms with Gasteiger partial charge in [-0.15, -0.1) is 0 Å². The van der Waals surface area contributed by atoms with Crippen LogP contribution in [0.5, 0.6) is 0 Å². The van der Waals surface area contributed by atoms with Crippen LogP contribution in [0.1, 0.15) is 35.7 Å². The molecule has 1 aliphatic heterocycles. The molecule has 0 N–H and O–H groups in total. The molecule has 0 unspecified atom stereocenters. The summed E-state index contributed by atoms with van der Waals surface area (Å²) in [6.45, 7) is 3.22. The fourth-order valence-electron chi connectivity index (χ4n) is 3.49. The van der Waals surface area contributed by atoms with E-state index in [1.807, 2.05) is 25.8 Å². The molecule has 8 heteroatoms. The quantitative estimate of drug-likeness (QED) is 0.782. The highest BCUT2D eigenvalue weighted by Gasteiger charge is 2.32. The zero-order valence-electron chi connectivity index (χ0n) is 16.3. The highest BCUT2D eigenvalue weighted by atomic mass is 32.2. The second-order valence-electron chi connectivity index (χ2n) is 7.54. The van der Waals surface area contributed by atoms with Crippen LogP contribution >= 0.6 is 0 Å². The van der Waals surface area contributed by atoms with Crippen LogP contribution in [0.25, 0.3) is 0 Å². The minimum absolute atomic E-state index is 0.0144. The number of aryl methyl sites for hydroxylation is 2. The van der Waals surface area contributed by atoms with Crippen molar-refractivity contribution in [1.82, 2.24) is 19.0 Å². The number of aromatic nitrogens is 2. The van der Waals surface area contributed by atoms with Crippen LogP contribution in [-0.2, 0) is 23.6 Å². The summed E-state index contributed by atoms with van der Waals surface area (Å²) in [6.07, 6.45) is 1.66. The minimum atomic E-state index is -3.71. The first-order chi connectivity index (χ1) is 12.7. The summed E-state index contributed by atoms with van der Waals surface area (Å²) in [5, 5.41) is 4.61. The van der Waals surface area contributed by atoms with Crippen molar-refractivity contribution in [2.24, 2.45) is 7.05 Å². The maximum Gasteiger partial charge on any atom is 0.243 e. The Balaban J connectivity index is 1.82. The predicted octanol–water partition coefficient (Wildman–Crippen LogP) is 2.50. The first-order valence-electron chi connectivity index (χ1n) is 9.12. The van der Waals surface area contributed by atoms with Crippen molar-refractivity contribution < 1.29 is 12.8 Å². The Morgan fingerprint density at radius 2 is 2.04 bits per heavy atom. The third kappa shape index (κ3) is 4.23. The van der Waals surface area contributed by atoms with E-state index in [0.29, 0.717) is 18.7 Å². The summed E-state index contributed by atoms with van der Waals surface area (Å²) in [7, 11) is 2.20. The standard InChI is InChI=1S/C19H27FN4O2S/c1-14-7-8-17(11-18(14)20)27(25,26)24-9-5-6-15(12-24)19-10-16(13-22(2)3)23(4)21-19/h7-8,10-11,15H,5-6,9,12-13H2,1-4H3/t15-/m0/s1. The van der Waals surface area contributed by atoms with Crippen LogP contribution < -0.4 is 0 Å². The molecule has 1 saturated heterocycles. The Hall–Kier alpha value is -1.77. The fraction of sp³-hybridized carbons (Fsp3) is 0.526. The van der Waals surface area contributed by atoms with Gasteiger partial charge in [0.15, 0.2) is 0 Å². The van der Waals surface area contributed by atoms with Gasteiger partial charge in [-0.25, -0.2) is 12.8 Å². The molecule has 6 nitrogen and oxygen atoms in total. The minimum Gasteiger partial charge on any atom is -0.304 e. The number of hydrogen-bond donors (Lipinski definition) is 0. The summed E-state index contributed by atoms with van der Waals surface area (Å²) in [4.78, 5) is 2.09. The van der Waals surface area contributed by atoms with Gasteiger partial charge in [-0.1, -0.05) is 6.07 Å². The summed E-state index contributed by atoms with van der Waals surface area (Å²) < 4.78 is 43.1. The molecule has 0 amide bonds. The van der Waals surface area contributed by atoms with Crippen molar-refractivity contribution in [2.45, 2.75) is 37.1 Å². The average molecular weight is 395 g/mol. The van der Waals surface area contributed by atoms with Crippen LogP contribution in [0.15, 0.2) is 29.2 Å². The molecule has 0 saturated carbocycles. The molecule has 0 radical (unpaired) electrons. The second kappa shape index (κ2) is 7.69. The number of benzene rings is 1. The van der Waals surface area contributed by atoms with Gasteiger partial charge in [0.1, 0.15) is 5.82 Å². The normalized spacial score (nSPS) is 19.0. The molecule has 1 atom stereocenters. The first kappa shape index (κ1) is 20.0. The first-order valence-corrected chi connectivity index (χ1v) is 10.6. The fourth-order valence-corrected chi connectivity index (χ4v) is 5.02. The van der Waals surface area contributed by atoms with Gasteiger partial charge in [0.25, 0.3) is 0 Å². The molecule has 0 spiro atoms. The molecule has 0 bridgehead atoms. The van der Waals surface area contributed by atoms with E-state index in [2.05, 4.69) is 16.1 Å². The molecular weight excluding hydrogens is 367 g/mol. The molecule has 2 heterocycles. The summed E-state index contributed by atoms with van der Waals surface area (Å²) in [6, 6.07) is 6.17. The van der Waals surface area contributed by atoms with Gasteiger partial charge >= 0.3 is 0 Å². The van der Waals surface area contributed by atoms with Gasteiger partial charge in [0.05, 0.1) is 16.3 Å². The lowest BCUT2D eigenvalue weighted by Gasteiger charge is -2.31. The molecule has 2 aromatic rings. The summed E-state index contributed by atoms with van der Waals surface area (Å²) in [5.74, 6) is -0.450. The predicted molar refractivity (Wildman–Crippen MR) is 102 cm³/mol. The van der Waals surface area contributed by atoms with Gasteiger partial charge in [0.2, 0.25) is 10.0 Å². The zero-order chi connectivity index (χ0) is 19.8. The maximum absolute atomic E-state index is 13.9. The highest BCUT2D eigenvalue weighted by Crippen LogP contribution is 2.30. The molecular formula is C19H27FN4O2S. The smallest absolute Gasteiger partial charge is 0.243 e. The number of piperidine rings is 1. The van der Waals surface area contributed by atoms with Crippen LogP contribution in [-0.4, -0.2) is 54.6 Å². The Morgan fingerprint density at radius 3 is 2.70 bits per heavy atom. The van der Waals surface area contributed by atoms with Crippen LogP contribution in [0.3, 0.4) is 0 Å². The van der Waals surface area contributed by atoms with E-state index >= 15 is 0 Å². The van der Waals surface area contributed by atoms with E-state index in [9.17, 15) is 12.8 Å². The van der Waals surface area contributed by atoms with Crippen molar-refractivity contribution >= 4 is 10.0 Å². The van der Waals surface area contributed by atoms with E-state index in [0.717, 1.165) is 36.8 Å². The number of sulfonamides is 1. The van der Waals surface area contributed by atoms with Crippen molar-refractivity contribution in [1.29, 1.82) is 0 Å². The third-order valence-electron chi connectivity index (χ3n) is 5.06. The topological polar surface area (TPSA) is 58.4 Å². The number of halogens is 1. The van der Waals surface area contributed by atoms with Gasteiger partial charge in [-0.05, 0) is 57.6 Å². The van der Waals surface area contributed by atoms with E-state index < -0.39 is 15.8 Å². The average Bonchev–Trinajstić information content (AvgIpc) is 2.97. The largest absolute Gasteiger partial charge is 0.304 e. The number of rotatable bonds is 5. The highest BCUT2D eigenvalue weighted by molar-refractivity contribution is 7.89. The Morgan fingerprint density at radius 1 is 1.30 bits per heavy atom. The number of hydrogen-bond acceptors (Lipinski definition) is 4. The van der Waals surface area contributed by atoms with Gasteiger partial charge in [-0.3, -0.25) is 4.68 Å². The Labute approximate surface area is 160 Å². The SMILES string of the molecule is Cc1ccc(S(=O)(=O)N2CCC[C@H](c3cc(CN(C)C)n(C)n3)C2)cc1F. The van der Waals surface area contributed by atoms with Crippen molar-refractivity contribution in [3.63, 3.8) is 0 Å². The Kier molecular flexibility index (Phi) is 5.69. The van der Waals surface area contributed by atoms with E-state index in [-0.39, 0.29) is 10.8 Å². The number of nitrogens with zero attached hydrogens (tertiary/aromatic N) is 4. The Bertz CT molecular complexity index is 924. The van der Waals surface area contributed by atoms with E-state index in [4.69, 9.17) is 0 Å². The van der Waals surface area contributed by atoms with Gasteiger partial charge in [0, 0.05) is 32.6 Å². The van der Waals surface area contributed by atoms with Crippen molar-refractivity contribution in [2.75, 3.05) is 27.2 Å². The van der Waals surface area contributed by atoms with Crippen LogP contribution in [0, 0.1) is 12.7 Å². The molecule has 1 aliphatic rings. The molecule has 148 valence electrons. The van der Waals surface area contributed by atoms with Crippen molar-refractivity contribution in [3.8, 4) is 0 Å². The van der Waals surface area contributed by atoms with Crippen molar-refractivity contribution in [3.05, 3.63) is 47.0 Å². The monoisotopic (exact) mass is 394 g/mol. The van der Waals surface area contributed by atoms with Crippen LogP contribution in [0.2, 0.25) is 0 Å². The summed E-state index contributed by atoms with van der Waals surface area (Å²) in [5.41, 5.74) is 2.45. The lowest BCUT2D eigenvalue weighted by Crippen LogP contribution is -2.39.